The molecule has 0 amide bonds. The summed E-state index contributed by atoms with van der Waals surface area (Å²) in [4.78, 5) is 2.40. The molecule has 0 aliphatic heterocycles. The number of thioether (sulfide) groups is 1. The fourth-order valence-electron chi connectivity index (χ4n) is 1.75. The minimum atomic E-state index is 0.334. The fraction of sp³-hybridized carbons (Fsp3) is 1.00. The molecule has 15 heavy (non-hydrogen) atoms. The summed E-state index contributed by atoms with van der Waals surface area (Å²) in [5.41, 5.74) is 0. The van der Waals surface area contributed by atoms with Crippen LogP contribution in [-0.4, -0.2) is 31.1 Å². The molecule has 0 heterocycles. The third-order valence-corrected chi connectivity index (χ3v) is 8.51. The summed E-state index contributed by atoms with van der Waals surface area (Å²) >= 11 is 4.76. The van der Waals surface area contributed by atoms with Gasteiger partial charge in [-0.05, 0) is 0 Å². The van der Waals surface area contributed by atoms with Crippen molar-refractivity contribution in [1.29, 1.82) is 0 Å². The van der Waals surface area contributed by atoms with Crippen molar-refractivity contribution in [3.8, 4) is 0 Å². The van der Waals surface area contributed by atoms with Crippen molar-refractivity contribution >= 4 is 34.6 Å². The first-order chi connectivity index (χ1) is 7.02. The van der Waals surface area contributed by atoms with Gasteiger partial charge in [-0.25, -0.2) is 0 Å². The molecule has 4 heteroatoms. The van der Waals surface area contributed by atoms with Crippen molar-refractivity contribution in [3.63, 3.8) is 0 Å². The van der Waals surface area contributed by atoms with Crippen LogP contribution in [0.25, 0.3) is 0 Å². The van der Waals surface area contributed by atoms with Gasteiger partial charge in [0.2, 0.25) is 0 Å². The van der Waals surface area contributed by atoms with Crippen molar-refractivity contribution in [1.82, 2.24) is 3.11 Å². The van der Waals surface area contributed by atoms with Crippen LogP contribution in [-0.2, 0) is 0 Å². The van der Waals surface area contributed by atoms with Gasteiger partial charge in [0.1, 0.15) is 0 Å². The van der Waals surface area contributed by atoms with E-state index in [0.29, 0.717) is 21.2 Å². The van der Waals surface area contributed by atoms with E-state index in [0.717, 1.165) is 15.9 Å². The van der Waals surface area contributed by atoms with Crippen molar-refractivity contribution < 1.29 is 21.2 Å². The number of hydrogen-bond acceptors (Lipinski definition) is 2. The molecule has 2 unspecified atom stereocenters. The van der Waals surface area contributed by atoms with Gasteiger partial charge in [0.05, 0.1) is 0 Å². The molecular formula is C11H24I2NS-. The van der Waals surface area contributed by atoms with Gasteiger partial charge in [0.15, 0.2) is 0 Å². The van der Waals surface area contributed by atoms with Crippen LogP contribution in [0.2, 0.25) is 0 Å². The SMILES string of the molecule is CSC[C@H](C)CCC(C)C([I-]C)N(C)I. The summed E-state index contributed by atoms with van der Waals surface area (Å²) in [7, 11) is 2.22. The quantitative estimate of drug-likeness (QED) is 0.230. The molecule has 0 aromatic heterocycles. The van der Waals surface area contributed by atoms with E-state index in [4.69, 9.17) is 0 Å². The Morgan fingerprint density at radius 2 is 1.93 bits per heavy atom. The molecule has 0 fully saturated rings. The van der Waals surface area contributed by atoms with Gasteiger partial charge in [0, 0.05) is 0 Å². The van der Waals surface area contributed by atoms with Crippen molar-refractivity contribution in [2.45, 2.75) is 30.7 Å². The molecule has 0 radical (unpaired) electrons. The van der Waals surface area contributed by atoms with Crippen LogP contribution in [0.15, 0.2) is 0 Å². The summed E-state index contributed by atoms with van der Waals surface area (Å²) in [5.74, 6) is 3.07. The Balaban J connectivity index is 3.84. The molecule has 1 nitrogen and oxygen atoms in total. The van der Waals surface area contributed by atoms with Crippen molar-refractivity contribution in [3.05, 3.63) is 0 Å². The molecule has 0 saturated carbocycles. The van der Waals surface area contributed by atoms with E-state index in [1.54, 1.807) is 0 Å². The van der Waals surface area contributed by atoms with Gasteiger partial charge in [-0.3, -0.25) is 0 Å². The Labute approximate surface area is 124 Å². The van der Waals surface area contributed by atoms with Crippen LogP contribution in [0.5, 0.6) is 0 Å². The van der Waals surface area contributed by atoms with Crippen LogP contribution in [0.3, 0.4) is 0 Å². The van der Waals surface area contributed by atoms with Crippen LogP contribution in [0.1, 0.15) is 26.7 Å². The molecule has 0 aromatic carbocycles. The first-order valence-electron chi connectivity index (χ1n) is 5.38. The zero-order valence-corrected chi connectivity index (χ0v) is 15.6. The van der Waals surface area contributed by atoms with Crippen LogP contribution in [0.4, 0.5) is 0 Å². The van der Waals surface area contributed by atoms with Gasteiger partial charge < -0.3 is 0 Å². The molecule has 0 saturated heterocycles. The summed E-state index contributed by atoms with van der Waals surface area (Å²) in [6.07, 6.45) is 5.00. The maximum absolute atomic E-state index is 2.45. The average molecular weight is 456 g/mol. The third-order valence-electron chi connectivity index (χ3n) is 2.60. The van der Waals surface area contributed by atoms with E-state index in [1.165, 1.54) is 18.6 Å². The van der Waals surface area contributed by atoms with Crippen molar-refractivity contribution in [2.24, 2.45) is 11.8 Å². The Kier molecular flexibility index (Phi) is 10.9. The van der Waals surface area contributed by atoms with Gasteiger partial charge in [0.25, 0.3) is 0 Å². The fourth-order valence-corrected chi connectivity index (χ4v) is 6.81. The average Bonchev–Trinajstić information content (AvgIpc) is 2.15. The third kappa shape index (κ3) is 7.65. The number of halogens is 2. The first kappa shape index (κ1) is 16.8. The molecule has 0 aliphatic rings. The van der Waals surface area contributed by atoms with E-state index in [1.807, 2.05) is 11.8 Å². The van der Waals surface area contributed by atoms with Crippen LogP contribution >= 0.6 is 34.6 Å². The molecule has 0 N–H and O–H groups in total. The zero-order valence-electron chi connectivity index (χ0n) is 10.5. The van der Waals surface area contributed by atoms with Gasteiger partial charge in [-0.2, -0.15) is 0 Å². The van der Waals surface area contributed by atoms with E-state index in [9.17, 15) is 0 Å². The second-order valence-corrected chi connectivity index (χ2v) is 9.19. The monoisotopic (exact) mass is 456 g/mol. The molecule has 94 valence electrons. The maximum atomic E-state index is 2.45. The zero-order chi connectivity index (χ0) is 11.8. The molecular weight excluding hydrogens is 432 g/mol. The number of nitrogens with zero attached hydrogens (tertiary/aromatic N) is 1. The second-order valence-electron chi connectivity index (χ2n) is 4.23. The summed E-state index contributed by atoms with van der Waals surface area (Å²) < 4.78 is 3.25. The Hall–Kier alpha value is 1.77. The number of alkyl halides is 2. The Bertz CT molecular complexity index is 156. The standard InChI is InChI=1S/C11H24I2NS/c1-9(8-15-5)6-7-10(2)11(13-3)14(4)12/h9-11H,6-8H2,1-5H3/q-1/t9-,10?,11?/m1/s1. The van der Waals surface area contributed by atoms with Gasteiger partial charge in [-0.1, -0.05) is 0 Å². The Morgan fingerprint density at radius 3 is 2.33 bits per heavy atom. The normalized spacial score (nSPS) is 18.1. The van der Waals surface area contributed by atoms with E-state index >= 15 is 0 Å². The van der Waals surface area contributed by atoms with E-state index < -0.39 is 0 Å². The Morgan fingerprint density at radius 1 is 1.33 bits per heavy atom. The van der Waals surface area contributed by atoms with Gasteiger partial charge in [-0.15, -0.1) is 0 Å². The molecule has 0 bridgehead atoms. The number of rotatable bonds is 8. The topological polar surface area (TPSA) is 3.24 Å². The van der Waals surface area contributed by atoms with E-state index in [-0.39, 0.29) is 0 Å². The second kappa shape index (κ2) is 9.76. The van der Waals surface area contributed by atoms with Crippen molar-refractivity contribution in [2.75, 3.05) is 24.0 Å². The molecule has 0 aromatic rings. The predicted molar refractivity (Wildman–Crippen MR) is 77.4 cm³/mol. The molecule has 0 rings (SSSR count). The summed E-state index contributed by atoms with van der Waals surface area (Å²) in [5, 5.41) is 0. The minimum absolute atomic E-state index is 0.334. The summed E-state index contributed by atoms with van der Waals surface area (Å²) in [6.45, 7) is 4.81. The van der Waals surface area contributed by atoms with E-state index in [2.05, 4.69) is 58.1 Å². The summed E-state index contributed by atoms with van der Waals surface area (Å²) in [6, 6.07) is 0. The van der Waals surface area contributed by atoms with Crippen LogP contribution < -0.4 is 21.2 Å². The molecule has 3 atom stereocenters. The number of hydrogen-bond donors (Lipinski definition) is 0. The first-order valence-corrected chi connectivity index (χ1v) is 11.1. The predicted octanol–water partition coefficient (Wildman–Crippen LogP) is 0.729. The van der Waals surface area contributed by atoms with Crippen LogP contribution in [0, 0.1) is 11.8 Å². The molecule has 0 aliphatic carbocycles. The molecule has 0 spiro atoms. The van der Waals surface area contributed by atoms with Gasteiger partial charge >= 0.3 is 126 Å².